The summed E-state index contributed by atoms with van der Waals surface area (Å²) in [5, 5.41) is 0. The number of ether oxygens (including phenoxy) is 1. The molecule has 0 fully saturated rings. The van der Waals surface area contributed by atoms with Crippen LogP contribution in [0.2, 0.25) is 0 Å². The summed E-state index contributed by atoms with van der Waals surface area (Å²) in [6, 6.07) is 0. The number of rotatable bonds is 1. The zero-order chi connectivity index (χ0) is 11.3. The first-order valence-electron chi connectivity index (χ1n) is 4.75. The SMILES string of the molecule is C/C1=C/CC/C=C(OC(F)(F)F)\C=C/C1. The first-order valence-corrected chi connectivity index (χ1v) is 4.75. The number of allylic oxidation sites excluding steroid dienone is 5. The van der Waals surface area contributed by atoms with Gasteiger partial charge in [0, 0.05) is 0 Å². The van der Waals surface area contributed by atoms with Crippen molar-refractivity contribution >= 4 is 0 Å². The lowest BCUT2D eigenvalue weighted by Gasteiger charge is -2.09. The second kappa shape index (κ2) is 5.05. The van der Waals surface area contributed by atoms with E-state index in [1.54, 1.807) is 6.08 Å². The second-order valence-electron chi connectivity index (χ2n) is 3.39. The van der Waals surface area contributed by atoms with Crippen molar-refractivity contribution in [1.29, 1.82) is 0 Å². The van der Waals surface area contributed by atoms with E-state index in [2.05, 4.69) is 4.74 Å². The lowest BCUT2D eigenvalue weighted by atomic mass is 10.1. The molecule has 1 aliphatic carbocycles. The van der Waals surface area contributed by atoms with Crippen LogP contribution in [0.5, 0.6) is 0 Å². The highest BCUT2D eigenvalue weighted by Gasteiger charge is 2.31. The molecule has 0 spiro atoms. The summed E-state index contributed by atoms with van der Waals surface area (Å²) in [5.41, 5.74) is 1.16. The molecule has 0 radical (unpaired) electrons. The fourth-order valence-corrected chi connectivity index (χ4v) is 1.28. The smallest absolute Gasteiger partial charge is 0.406 e. The molecule has 0 aromatic heterocycles. The van der Waals surface area contributed by atoms with Gasteiger partial charge in [-0.25, -0.2) is 0 Å². The van der Waals surface area contributed by atoms with E-state index in [1.807, 2.05) is 13.0 Å². The summed E-state index contributed by atoms with van der Waals surface area (Å²) in [6.45, 7) is 1.96. The number of halogens is 3. The summed E-state index contributed by atoms with van der Waals surface area (Å²) < 4.78 is 39.7. The average Bonchev–Trinajstić information content (AvgIpc) is 2.16. The van der Waals surface area contributed by atoms with Gasteiger partial charge in [-0.15, -0.1) is 13.2 Å². The Morgan fingerprint density at radius 3 is 2.53 bits per heavy atom. The molecule has 0 aromatic carbocycles. The van der Waals surface area contributed by atoms with E-state index < -0.39 is 6.36 Å². The normalized spacial score (nSPS) is 27.5. The summed E-state index contributed by atoms with van der Waals surface area (Å²) in [7, 11) is 0. The van der Waals surface area contributed by atoms with Crippen molar-refractivity contribution in [2.45, 2.75) is 32.5 Å². The Morgan fingerprint density at radius 2 is 1.87 bits per heavy atom. The minimum absolute atomic E-state index is 0.120. The predicted molar refractivity (Wildman–Crippen MR) is 52.0 cm³/mol. The molecule has 15 heavy (non-hydrogen) atoms. The van der Waals surface area contributed by atoms with E-state index in [9.17, 15) is 13.2 Å². The topological polar surface area (TPSA) is 9.23 Å². The minimum atomic E-state index is -4.60. The van der Waals surface area contributed by atoms with Crippen molar-refractivity contribution in [3.63, 3.8) is 0 Å². The second-order valence-corrected chi connectivity index (χ2v) is 3.39. The Kier molecular flexibility index (Phi) is 4.00. The Balaban J connectivity index is 2.66. The van der Waals surface area contributed by atoms with Gasteiger partial charge in [-0.3, -0.25) is 0 Å². The zero-order valence-electron chi connectivity index (χ0n) is 8.47. The molecule has 0 atom stereocenters. The fourth-order valence-electron chi connectivity index (χ4n) is 1.28. The van der Waals surface area contributed by atoms with Crippen LogP contribution in [-0.4, -0.2) is 6.36 Å². The molecule has 1 nitrogen and oxygen atoms in total. The first kappa shape index (κ1) is 11.9. The summed E-state index contributed by atoms with van der Waals surface area (Å²) >= 11 is 0. The molecule has 0 aliphatic heterocycles. The summed E-state index contributed by atoms with van der Waals surface area (Å²) in [6.07, 6.45) is 3.90. The van der Waals surface area contributed by atoms with E-state index in [0.717, 1.165) is 12.0 Å². The van der Waals surface area contributed by atoms with Gasteiger partial charge in [0.05, 0.1) is 0 Å². The van der Waals surface area contributed by atoms with Crippen LogP contribution in [-0.2, 0) is 4.74 Å². The van der Waals surface area contributed by atoms with Crippen LogP contribution in [0, 0.1) is 0 Å². The Hall–Kier alpha value is -1.19. The molecule has 0 heterocycles. The number of hydrogen-bond donors (Lipinski definition) is 0. The fraction of sp³-hybridized carbons (Fsp3) is 0.455. The Bertz CT molecular complexity index is 297. The molecule has 0 saturated heterocycles. The van der Waals surface area contributed by atoms with E-state index >= 15 is 0 Å². The van der Waals surface area contributed by atoms with Gasteiger partial charge < -0.3 is 4.74 Å². The van der Waals surface area contributed by atoms with Crippen LogP contribution in [0.1, 0.15) is 26.2 Å². The molecule has 1 aliphatic rings. The van der Waals surface area contributed by atoms with Crippen LogP contribution in [0.25, 0.3) is 0 Å². The third-order valence-electron chi connectivity index (χ3n) is 1.96. The van der Waals surface area contributed by atoms with Gasteiger partial charge in [0.1, 0.15) is 5.76 Å². The predicted octanol–water partition coefficient (Wildman–Crippen LogP) is 4.09. The lowest BCUT2D eigenvalue weighted by molar-refractivity contribution is -0.303. The molecular weight excluding hydrogens is 205 g/mol. The molecule has 84 valence electrons. The van der Waals surface area contributed by atoms with Gasteiger partial charge in [0.15, 0.2) is 0 Å². The summed E-state index contributed by atoms with van der Waals surface area (Å²) in [4.78, 5) is 0. The third kappa shape index (κ3) is 5.30. The number of alkyl halides is 3. The Labute approximate surface area is 86.9 Å². The molecule has 0 saturated carbocycles. The Morgan fingerprint density at radius 1 is 1.20 bits per heavy atom. The molecule has 0 unspecified atom stereocenters. The maximum Gasteiger partial charge on any atom is 0.573 e. The van der Waals surface area contributed by atoms with E-state index in [4.69, 9.17) is 0 Å². The quantitative estimate of drug-likeness (QED) is 0.602. The number of hydrogen-bond acceptors (Lipinski definition) is 1. The van der Waals surface area contributed by atoms with Crippen molar-refractivity contribution in [2.24, 2.45) is 0 Å². The van der Waals surface area contributed by atoms with Crippen LogP contribution >= 0.6 is 0 Å². The lowest BCUT2D eigenvalue weighted by Crippen LogP contribution is -2.12. The van der Waals surface area contributed by atoms with E-state index in [0.29, 0.717) is 12.8 Å². The van der Waals surface area contributed by atoms with Gasteiger partial charge in [-0.2, -0.15) is 0 Å². The molecule has 0 N–H and O–H groups in total. The van der Waals surface area contributed by atoms with E-state index in [1.165, 1.54) is 12.2 Å². The van der Waals surface area contributed by atoms with Crippen LogP contribution in [0.4, 0.5) is 13.2 Å². The van der Waals surface area contributed by atoms with Crippen molar-refractivity contribution in [2.75, 3.05) is 0 Å². The maximum absolute atomic E-state index is 11.9. The third-order valence-corrected chi connectivity index (χ3v) is 1.96. The zero-order valence-corrected chi connectivity index (χ0v) is 8.47. The molecule has 4 heteroatoms. The van der Waals surface area contributed by atoms with Gasteiger partial charge >= 0.3 is 6.36 Å². The van der Waals surface area contributed by atoms with Gasteiger partial charge in [-0.05, 0) is 38.3 Å². The molecule has 0 bridgehead atoms. The van der Waals surface area contributed by atoms with Gasteiger partial charge in [-0.1, -0.05) is 17.7 Å². The van der Waals surface area contributed by atoms with Crippen molar-refractivity contribution < 1.29 is 17.9 Å². The van der Waals surface area contributed by atoms with Crippen molar-refractivity contribution in [1.82, 2.24) is 0 Å². The summed E-state index contributed by atoms with van der Waals surface area (Å²) in [5.74, 6) is -0.120. The average molecular weight is 218 g/mol. The van der Waals surface area contributed by atoms with Crippen LogP contribution in [0.15, 0.2) is 35.6 Å². The first-order chi connectivity index (χ1) is 6.97. The van der Waals surface area contributed by atoms with Crippen LogP contribution in [0.3, 0.4) is 0 Å². The molecule has 1 rings (SSSR count). The maximum atomic E-state index is 11.9. The highest BCUT2D eigenvalue weighted by atomic mass is 19.4. The monoisotopic (exact) mass is 218 g/mol. The standard InChI is InChI=1S/C11H13F3O/c1-9-5-2-3-7-10(8-4-6-9)15-11(12,13)14/h4-5,7-8H,2-3,6H2,1H3/b8-4-,9-5-,10-7+. The van der Waals surface area contributed by atoms with E-state index in [-0.39, 0.29) is 5.76 Å². The van der Waals surface area contributed by atoms with Crippen molar-refractivity contribution in [3.8, 4) is 0 Å². The molecule has 0 aromatic rings. The molecule has 0 amide bonds. The van der Waals surface area contributed by atoms with Gasteiger partial charge in [0.25, 0.3) is 0 Å². The highest BCUT2D eigenvalue weighted by Crippen LogP contribution is 2.22. The van der Waals surface area contributed by atoms with Crippen molar-refractivity contribution in [3.05, 3.63) is 35.6 Å². The highest BCUT2D eigenvalue weighted by molar-refractivity contribution is 5.17. The largest absolute Gasteiger partial charge is 0.573 e. The van der Waals surface area contributed by atoms with Gasteiger partial charge in [0.2, 0.25) is 0 Å². The van der Waals surface area contributed by atoms with Crippen LogP contribution < -0.4 is 0 Å². The molecular formula is C11H13F3O. The minimum Gasteiger partial charge on any atom is -0.406 e.